The lowest BCUT2D eigenvalue weighted by atomic mass is 10.1. The van der Waals surface area contributed by atoms with Gasteiger partial charge in [-0.25, -0.2) is 0 Å². The molecule has 0 aliphatic carbocycles. The van der Waals surface area contributed by atoms with Crippen molar-refractivity contribution in [1.29, 1.82) is 5.26 Å². The molecule has 20 heavy (non-hydrogen) atoms. The average Bonchev–Trinajstić information content (AvgIpc) is 2.47. The van der Waals surface area contributed by atoms with Gasteiger partial charge in [-0.2, -0.15) is 5.26 Å². The van der Waals surface area contributed by atoms with E-state index in [4.69, 9.17) is 10.4 Å². The van der Waals surface area contributed by atoms with Gasteiger partial charge in [-0.3, -0.25) is 9.78 Å². The second kappa shape index (κ2) is 7.93. The van der Waals surface area contributed by atoms with Crippen LogP contribution in [-0.4, -0.2) is 40.6 Å². The van der Waals surface area contributed by atoms with Crippen molar-refractivity contribution in [2.24, 2.45) is 0 Å². The van der Waals surface area contributed by atoms with Crippen LogP contribution in [0.4, 0.5) is 0 Å². The minimum absolute atomic E-state index is 0.0182. The molecule has 1 aromatic heterocycles. The van der Waals surface area contributed by atoms with Crippen LogP contribution in [0.5, 0.6) is 0 Å². The summed E-state index contributed by atoms with van der Waals surface area (Å²) >= 11 is 0. The van der Waals surface area contributed by atoms with Crippen molar-refractivity contribution in [2.75, 3.05) is 13.7 Å². The molecule has 1 atom stereocenters. The van der Waals surface area contributed by atoms with E-state index in [2.05, 4.69) is 16.8 Å². The van der Waals surface area contributed by atoms with E-state index in [1.807, 2.05) is 13.0 Å². The number of aromatic nitrogens is 1. The van der Waals surface area contributed by atoms with Crippen LogP contribution in [0.15, 0.2) is 18.5 Å². The van der Waals surface area contributed by atoms with Crippen LogP contribution >= 0.6 is 0 Å². The third kappa shape index (κ3) is 4.08. The zero-order chi connectivity index (χ0) is 15.0. The van der Waals surface area contributed by atoms with Crippen molar-refractivity contribution in [3.05, 3.63) is 29.6 Å². The number of aliphatic hydroxyl groups excluding tert-OH is 1. The lowest BCUT2D eigenvalue weighted by Gasteiger charge is -2.23. The number of rotatable bonds is 4. The van der Waals surface area contributed by atoms with Crippen LogP contribution in [0.3, 0.4) is 0 Å². The number of hydrogen-bond donors (Lipinski definition) is 1. The monoisotopic (exact) mass is 271 g/mol. The van der Waals surface area contributed by atoms with Crippen LogP contribution in [0, 0.1) is 23.2 Å². The number of carbonyl (C=O) groups is 1. The SMILES string of the molecule is CC(CC#N)N(C)C(=O)c1ccncc1C#CCCO. The zero-order valence-electron chi connectivity index (χ0n) is 11.6. The molecule has 1 rings (SSSR count). The predicted molar refractivity (Wildman–Crippen MR) is 74.6 cm³/mol. The van der Waals surface area contributed by atoms with Gasteiger partial charge < -0.3 is 10.0 Å². The molecule has 1 amide bonds. The molecule has 5 heteroatoms. The third-order valence-corrected chi connectivity index (χ3v) is 2.88. The summed E-state index contributed by atoms with van der Waals surface area (Å²) in [7, 11) is 1.66. The van der Waals surface area contributed by atoms with Crippen LogP contribution in [0.2, 0.25) is 0 Å². The molecule has 0 aromatic carbocycles. The van der Waals surface area contributed by atoms with Gasteiger partial charge in [-0.1, -0.05) is 11.8 Å². The van der Waals surface area contributed by atoms with Gasteiger partial charge in [0.2, 0.25) is 0 Å². The van der Waals surface area contributed by atoms with Gasteiger partial charge in [0, 0.05) is 31.9 Å². The van der Waals surface area contributed by atoms with Crippen molar-refractivity contribution in [3.8, 4) is 17.9 Å². The standard InChI is InChI=1S/C15H17N3O2/c1-12(6-8-16)18(2)15(20)14-7-9-17-11-13(14)5-3-4-10-19/h7,9,11-12,19H,4,6,10H2,1-2H3. The molecule has 0 spiro atoms. The van der Waals surface area contributed by atoms with E-state index in [9.17, 15) is 4.79 Å². The van der Waals surface area contributed by atoms with Gasteiger partial charge in [0.25, 0.3) is 5.91 Å². The predicted octanol–water partition coefficient (Wildman–Crippen LogP) is 1.19. The summed E-state index contributed by atoms with van der Waals surface area (Å²) in [4.78, 5) is 17.9. The first-order valence-electron chi connectivity index (χ1n) is 6.29. The molecule has 1 heterocycles. The Morgan fingerprint density at radius 1 is 1.60 bits per heavy atom. The summed E-state index contributed by atoms with van der Waals surface area (Å²) in [5.74, 6) is 5.42. The minimum Gasteiger partial charge on any atom is -0.395 e. The van der Waals surface area contributed by atoms with E-state index in [0.29, 0.717) is 17.5 Å². The quantitative estimate of drug-likeness (QED) is 0.834. The zero-order valence-corrected chi connectivity index (χ0v) is 11.6. The molecule has 0 fully saturated rings. The minimum atomic E-state index is -0.191. The second-order valence-corrected chi connectivity index (χ2v) is 4.32. The van der Waals surface area contributed by atoms with E-state index >= 15 is 0 Å². The molecule has 0 saturated carbocycles. The number of amides is 1. The summed E-state index contributed by atoms with van der Waals surface area (Å²) < 4.78 is 0. The van der Waals surface area contributed by atoms with Gasteiger partial charge >= 0.3 is 0 Å². The van der Waals surface area contributed by atoms with Gasteiger partial charge in [0.15, 0.2) is 0 Å². The normalized spacial score (nSPS) is 10.9. The maximum atomic E-state index is 12.4. The molecule has 0 radical (unpaired) electrons. The first-order valence-corrected chi connectivity index (χ1v) is 6.29. The number of nitrogens with zero attached hydrogens (tertiary/aromatic N) is 3. The lowest BCUT2D eigenvalue weighted by Crippen LogP contribution is -2.35. The van der Waals surface area contributed by atoms with Crippen molar-refractivity contribution < 1.29 is 9.90 Å². The Hall–Kier alpha value is -2.37. The number of pyridine rings is 1. The number of nitriles is 1. The van der Waals surface area contributed by atoms with Gasteiger partial charge in [0.05, 0.1) is 30.2 Å². The summed E-state index contributed by atoms with van der Waals surface area (Å²) in [6.45, 7) is 1.80. The lowest BCUT2D eigenvalue weighted by molar-refractivity contribution is 0.0746. The number of carbonyl (C=O) groups excluding carboxylic acids is 1. The molecular formula is C15H17N3O2. The van der Waals surface area contributed by atoms with E-state index in [1.165, 1.54) is 17.3 Å². The van der Waals surface area contributed by atoms with Crippen LogP contribution in [0.1, 0.15) is 35.7 Å². The Morgan fingerprint density at radius 3 is 3.00 bits per heavy atom. The highest BCUT2D eigenvalue weighted by atomic mass is 16.2. The maximum absolute atomic E-state index is 12.4. The maximum Gasteiger partial charge on any atom is 0.255 e. The highest BCUT2D eigenvalue weighted by molar-refractivity contribution is 5.96. The molecule has 0 aliphatic heterocycles. The summed E-state index contributed by atoms with van der Waals surface area (Å²) in [5, 5.41) is 17.4. The van der Waals surface area contributed by atoms with Crippen molar-refractivity contribution >= 4 is 5.91 Å². The van der Waals surface area contributed by atoms with Crippen molar-refractivity contribution in [1.82, 2.24) is 9.88 Å². The molecule has 1 aromatic rings. The van der Waals surface area contributed by atoms with Crippen molar-refractivity contribution in [2.45, 2.75) is 25.8 Å². The molecular weight excluding hydrogens is 254 g/mol. The topological polar surface area (TPSA) is 77.2 Å². The first kappa shape index (κ1) is 15.7. The number of aliphatic hydroxyl groups is 1. The third-order valence-electron chi connectivity index (χ3n) is 2.88. The fraction of sp³-hybridized carbons (Fsp3) is 0.400. The second-order valence-electron chi connectivity index (χ2n) is 4.32. The largest absolute Gasteiger partial charge is 0.395 e. The van der Waals surface area contributed by atoms with E-state index in [1.54, 1.807) is 13.1 Å². The van der Waals surface area contributed by atoms with Gasteiger partial charge in [0.1, 0.15) is 0 Å². The highest BCUT2D eigenvalue weighted by Crippen LogP contribution is 2.12. The first-order chi connectivity index (χ1) is 9.61. The van der Waals surface area contributed by atoms with Crippen molar-refractivity contribution in [3.63, 3.8) is 0 Å². The highest BCUT2D eigenvalue weighted by Gasteiger charge is 2.19. The van der Waals surface area contributed by atoms with Crippen LogP contribution < -0.4 is 0 Å². The average molecular weight is 271 g/mol. The summed E-state index contributed by atoms with van der Waals surface area (Å²) in [6.07, 6.45) is 3.69. The smallest absolute Gasteiger partial charge is 0.255 e. The Labute approximate surface area is 118 Å². The Kier molecular flexibility index (Phi) is 6.22. The fourth-order valence-electron chi connectivity index (χ4n) is 1.55. The molecule has 1 N–H and O–H groups in total. The Balaban J connectivity index is 2.99. The molecule has 104 valence electrons. The molecule has 0 saturated heterocycles. The van der Waals surface area contributed by atoms with Crippen LogP contribution in [0.25, 0.3) is 0 Å². The summed E-state index contributed by atoms with van der Waals surface area (Å²) in [6, 6.07) is 3.49. The van der Waals surface area contributed by atoms with E-state index in [-0.39, 0.29) is 25.0 Å². The Bertz CT molecular complexity index is 566. The van der Waals surface area contributed by atoms with Gasteiger partial charge in [-0.05, 0) is 13.0 Å². The van der Waals surface area contributed by atoms with E-state index in [0.717, 1.165) is 0 Å². The fourth-order valence-corrected chi connectivity index (χ4v) is 1.55. The molecule has 5 nitrogen and oxygen atoms in total. The molecule has 0 aliphatic rings. The molecule has 1 unspecified atom stereocenters. The van der Waals surface area contributed by atoms with E-state index < -0.39 is 0 Å². The Morgan fingerprint density at radius 2 is 2.35 bits per heavy atom. The van der Waals surface area contributed by atoms with Crippen LogP contribution in [-0.2, 0) is 0 Å². The van der Waals surface area contributed by atoms with Gasteiger partial charge in [-0.15, -0.1) is 0 Å². The molecule has 0 bridgehead atoms. The number of hydrogen-bond acceptors (Lipinski definition) is 4. The summed E-state index contributed by atoms with van der Waals surface area (Å²) in [5.41, 5.74) is 0.986.